The third-order valence-electron chi connectivity index (χ3n) is 4.80. The van der Waals surface area contributed by atoms with Gasteiger partial charge in [0.05, 0.1) is 12.8 Å². The van der Waals surface area contributed by atoms with Crippen molar-refractivity contribution in [3.05, 3.63) is 12.1 Å². The molecule has 1 fully saturated rings. The molecule has 3 rings (SSSR count). The zero-order valence-corrected chi connectivity index (χ0v) is 16.1. The maximum atomic E-state index is 13.4. The number of sulfonamides is 1. The van der Waals surface area contributed by atoms with Crippen LogP contribution in [0.1, 0.15) is 19.8 Å². The van der Waals surface area contributed by atoms with Crippen molar-refractivity contribution in [2.75, 3.05) is 45.7 Å². The van der Waals surface area contributed by atoms with Gasteiger partial charge in [0, 0.05) is 31.3 Å². The Bertz CT molecular complexity index is 796. The normalized spacial score (nSPS) is 22.1. The first-order valence-electron chi connectivity index (χ1n) is 8.72. The number of nitrogens with zero attached hydrogens (tertiary/aromatic N) is 2. The summed E-state index contributed by atoms with van der Waals surface area (Å²) in [7, 11) is -0.346. The van der Waals surface area contributed by atoms with Gasteiger partial charge in [-0.2, -0.15) is 4.31 Å². The van der Waals surface area contributed by atoms with Gasteiger partial charge in [-0.3, -0.25) is 4.79 Å². The molecule has 0 radical (unpaired) electrons. The summed E-state index contributed by atoms with van der Waals surface area (Å²) in [6.45, 7) is 3.87. The first-order valence-corrected chi connectivity index (χ1v) is 10.2. The van der Waals surface area contributed by atoms with Crippen LogP contribution in [0.4, 0.5) is 5.69 Å². The third-order valence-corrected chi connectivity index (χ3v) is 6.78. The van der Waals surface area contributed by atoms with Crippen LogP contribution in [0.3, 0.4) is 0 Å². The minimum absolute atomic E-state index is 0.0675. The van der Waals surface area contributed by atoms with Gasteiger partial charge in [-0.1, -0.05) is 6.92 Å². The maximum Gasteiger partial charge on any atom is 0.262 e. The van der Waals surface area contributed by atoms with E-state index in [0.29, 0.717) is 24.5 Å². The molecule has 9 heteroatoms. The lowest BCUT2D eigenvalue weighted by Crippen LogP contribution is -2.43. The summed E-state index contributed by atoms with van der Waals surface area (Å²) < 4.78 is 39.1. The molecule has 1 N–H and O–H groups in total. The van der Waals surface area contributed by atoms with E-state index in [-0.39, 0.29) is 29.2 Å². The summed E-state index contributed by atoms with van der Waals surface area (Å²) >= 11 is 0. The van der Waals surface area contributed by atoms with Gasteiger partial charge in [-0.15, -0.1) is 0 Å². The average Bonchev–Trinajstić information content (AvgIpc) is 2.81. The molecule has 0 aromatic heterocycles. The molecule has 2 heterocycles. The predicted octanol–water partition coefficient (Wildman–Crippen LogP) is 1.13. The number of carbonyl (C=O) groups excluding carboxylic acids is 1. The van der Waals surface area contributed by atoms with Crippen LogP contribution in [0.5, 0.6) is 11.5 Å². The molecule has 1 unspecified atom stereocenters. The van der Waals surface area contributed by atoms with Crippen LogP contribution in [0.2, 0.25) is 0 Å². The van der Waals surface area contributed by atoms with Crippen LogP contribution in [-0.4, -0.2) is 70.0 Å². The Morgan fingerprint density at radius 2 is 2.12 bits per heavy atom. The molecule has 1 atom stereocenters. The molecular weight excluding hydrogens is 358 g/mol. The third kappa shape index (κ3) is 3.51. The molecule has 144 valence electrons. The highest BCUT2D eigenvalue weighted by Gasteiger charge is 2.36. The number of hydrogen-bond acceptors (Lipinski definition) is 6. The number of fused-ring (bicyclic) bond motifs is 1. The Morgan fingerprint density at radius 3 is 2.81 bits per heavy atom. The molecule has 1 saturated heterocycles. The zero-order valence-electron chi connectivity index (χ0n) is 15.3. The second-order valence-electron chi connectivity index (χ2n) is 6.63. The van der Waals surface area contributed by atoms with Crippen LogP contribution in [0, 0.1) is 0 Å². The van der Waals surface area contributed by atoms with Crippen molar-refractivity contribution in [3.63, 3.8) is 0 Å². The molecule has 1 amide bonds. The zero-order chi connectivity index (χ0) is 18.9. The molecule has 26 heavy (non-hydrogen) atoms. The molecule has 0 spiro atoms. The Kier molecular flexibility index (Phi) is 5.40. The second-order valence-corrected chi connectivity index (χ2v) is 8.49. The van der Waals surface area contributed by atoms with Crippen LogP contribution in [-0.2, 0) is 14.8 Å². The first-order chi connectivity index (χ1) is 12.4. The largest absolute Gasteiger partial charge is 0.495 e. The minimum Gasteiger partial charge on any atom is -0.495 e. The van der Waals surface area contributed by atoms with Crippen molar-refractivity contribution in [2.45, 2.75) is 30.7 Å². The van der Waals surface area contributed by atoms with E-state index in [1.807, 2.05) is 14.0 Å². The highest BCUT2D eigenvalue weighted by Crippen LogP contribution is 2.39. The van der Waals surface area contributed by atoms with E-state index >= 15 is 0 Å². The maximum absolute atomic E-state index is 13.4. The molecule has 0 aliphatic carbocycles. The molecule has 2 aliphatic heterocycles. The molecule has 0 saturated carbocycles. The second kappa shape index (κ2) is 7.42. The number of ether oxygens (including phenoxy) is 2. The lowest BCUT2D eigenvalue weighted by Gasteiger charge is -2.30. The van der Waals surface area contributed by atoms with E-state index < -0.39 is 10.0 Å². The number of likely N-dealkylation sites (N-methyl/N-ethyl adjacent to an activating group) is 1. The standard InChI is InChI=1S/C17H25N3O5S/c1-4-12-10-19(2)6-5-7-20(12)26(22,23)16-9-14-13(8-15(16)24-3)18-17(21)11-25-14/h8-9,12H,4-7,10-11H2,1-3H3,(H,18,21). The lowest BCUT2D eigenvalue weighted by atomic mass is 10.2. The summed E-state index contributed by atoms with van der Waals surface area (Å²) in [6, 6.07) is 2.85. The Balaban J connectivity index is 2.04. The van der Waals surface area contributed by atoms with Crippen LogP contribution in [0.15, 0.2) is 17.0 Å². The Morgan fingerprint density at radius 1 is 1.35 bits per heavy atom. The minimum atomic E-state index is -3.77. The van der Waals surface area contributed by atoms with Crippen molar-refractivity contribution in [1.29, 1.82) is 0 Å². The quantitative estimate of drug-likeness (QED) is 0.839. The van der Waals surface area contributed by atoms with E-state index in [2.05, 4.69) is 10.2 Å². The van der Waals surface area contributed by atoms with E-state index in [1.54, 1.807) is 4.31 Å². The lowest BCUT2D eigenvalue weighted by molar-refractivity contribution is -0.118. The summed E-state index contributed by atoms with van der Waals surface area (Å²) in [6.07, 6.45) is 1.50. The van der Waals surface area contributed by atoms with E-state index in [4.69, 9.17) is 9.47 Å². The molecular formula is C17H25N3O5S. The molecule has 0 bridgehead atoms. The number of amides is 1. The number of methoxy groups -OCH3 is 1. The Labute approximate surface area is 154 Å². The molecule has 8 nitrogen and oxygen atoms in total. The van der Waals surface area contributed by atoms with Gasteiger partial charge < -0.3 is 19.7 Å². The van der Waals surface area contributed by atoms with Crippen LogP contribution < -0.4 is 14.8 Å². The SMILES string of the molecule is CCC1CN(C)CCCN1S(=O)(=O)c1cc2c(cc1OC)NC(=O)CO2. The van der Waals surface area contributed by atoms with Gasteiger partial charge >= 0.3 is 0 Å². The van der Waals surface area contributed by atoms with E-state index in [9.17, 15) is 13.2 Å². The number of benzene rings is 1. The van der Waals surface area contributed by atoms with E-state index in [0.717, 1.165) is 19.4 Å². The summed E-state index contributed by atoms with van der Waals surface area (Å²) in [5.41, 5.74) is 0.416. The number of anilines is 1. The fourth-order valence-electron chi connectivity index (χ4n) is 3.45. The van der Waals surface area contributed by atoms with Gasteiger partial charge in [-0.05, 0) is 26.4 Å². The summed E-state index contributed by atoms with van der Waals surface area (Å²) in [4.78, 5) is 13.7. The molecule has 2 aliphatic rings. The number of nitrogens with one attached hydrogen (secondary N) is 1. The van der Waals surface area contributed by atoms with Gasteiger partial charge in [0.25, 0.3) is 5.91 Å². The number of hydrogen-bond donors (Lipinski definition) is 1. The summed E-state index contributed by atoms with van der Waals surface area (Å²) in [5, 5.41) is 2.67. The van der Waals surface area contributed by atoms with Gasteiger partial charge in [-0.25, -0.2) is 8.42 Å². The topological polar surface area (TPSA) is 88.2 Å². The molecule has 1 aromatic rings. The van der Waals surface area contributed by atoms with Crippen molar-refractivity contribution >= 4 is 21.6 Å². The highest BCUT2D eigenvalue weighted by atomic mass is 32.2. The fourth-order valence-corrected chi connectivity index (χ4v) is 5.33. The van der Waals surface area contributed by atoms with Crippen LogP contribution in [0.25, 0.3) is 0 Å². The first kappa shape index (κ1) is 18.9. The fraction of sp³-hybridized carbons (Fsp3) is 0.588. The Hall–Kier alpha value is -1.84. The van der Waals surface area contributed by atoms with Crippen molar-refractivity contribution in [3.8, 4) is 11.5 Å². The summed E-state index contributed by atoms with van der Waals surface area (Å²) in [5.74, 6) is 0.253. The van der Waals surface area contributed by atoms with Gasteiger partial charge in [0.1, 0.15) is 16.4 Å². The number of rotatable bonds is 4. The van der Waals surface area contributed by atoms with Crippen molar-refractivity contribution < 1.29 is 22.7 Å². The van der Waals surface area contributed by atoms with Gasteiger partial charge in [0.2, 0.25) is 10.0 Å². The van der Waals surface area contributed by atoms with E-state index in [1.165, 1.54) is 19.2 Å². The average molecular weight is 383 g/mol. The van der Waals surface area contributed by atoms with Crippen molar-refractivity contribution in [1.82, 2.24) is 9.21 Å². The molecule has 1 aromatic carbocycles. The van der Waals surface area contributed by atoms with Crippen molar-refractivity contribution in [2.24, 2.45) is 0 Å². The van der Waals surface area contributed by atoms with Gasteiger partial charge in [0.15, 0.2) is 6.61 Å². The predicted molar refractivity (Wildman–Crippen MR) is 97.2 cm³/mol. The smallest absolute Gasteiger partial charge is 0.262 e. The monoisotopic (exact) mass is 383 g/mol. The van der Waals surface area contributed by atoms with Crippen LogP contribution >= 0.6 is 0 Å². The number of carbonyl (C=O) groups is 1. The highest BCUT2D eigenvalue weighted by molar-refractivity contribution is 7.89.